The lowest BCUT2D eigenvalue weighted by atomic mass is 10.2. The molecule has 0 atom stereocenters. The van der Waals surface area contributed by atoms with E-state index in [1.165, 1.54) is 16.4 Å². The number of nitrogens with one attached hydrogen (secondary N) is 1. The van der Waals surface area contributed by atoms with Crippen molar-refractivity contribution in [2.24, 2.45) is 0 Å². The Kier molecular flexibility index (Phi) is 6.93. The van der Waals surface area contributed by atoms with E-state index in [-0.39, 0.29) is 27.0 Å². The maximum absolute atomic E-state index is 13.3. The molecule has 9 heteroatoms. The number of nitrogens with zero attached hydrogens (tertiary/aromatic N) is 1. The summed E-state index contributed by atoms with van der Waals surface area (Å²) in [5.41, 5.74) is 0.816. The van der Waals surface area contributed by atoms with Gasteiger partial charge in [-0.1, -0.05) is 65.1 Å². The van der Waals surface area contributed by atoms with Gasteiger partial charge in [-0.3, -0.25) is 9.10 Å². The zero-order valence-corrected chi connectivity index (χ0v) is 18.9. The number of amides is 1. The van der Waals surface area contributed by atoms with E-state index in [2.05, 4.69) is 5.32 Å². The fourth-order valence-corrected chi connectivity index (χ4v) is 5.35. The molecule has 1 amide bonds. The second kappa shape index (κ2) is 9.27. The van der Waals surface area contributed by atoms with Gasteiger partial charge in [0.2, 0.25) is 0 Å². The van der Waals surface area contributed by atoms with Crippen molar-refractivity contribution >= 4 is 62.1 Å². The van der Waals surface area contributed by atoms with E-state index in [1.54, 1.807) is 61.5 Å². The summed E-state index contributed by atoms with van der Waals surface area (Å²) in [6.45, 7) is 1.88. The minimum absolute atomic E-state index is 0.0197. The normalized spacial score (nSPS) is 11.2. The molecule has 0 bridgehead atoms. The summed E-state index contributed by atoms with van der Waals surface area (Å²) in [5.74, 6) is -0.607. The highest BCUT2D eigenvalue weighted by Crippen LogP contribution is 2.33. The molecule has 5 nitrogen and oxygen atoms in total. The molecule has 0 aromatic heterocycles. The Morgan fingerprint density at radius 3 is 2.17 bits per heavy atom. The van der Waals surface area contributed by atoms with Crippen molar-refractivity contribution in [2.75, 3.05) is 16.2 Å². The molecular weight excluding hydrogens is 467 g/mol. The molecule has 0 aliphatic heterocycles. The molecule has 156 valence electrons. The number of sulfonamides is 1. The van der Waals surface area contributed by atoms with Gasteiger partial charge in [-0.05, 0) is 43.3 Å². The first kappa shape index (κ1) is 22.4. The summed E-state index contributed by atoms with van der Waals surface area (Å²) < 4.78 is 27.9. The summed E-state index contributed by atoms with van der Waals surface area (Å²) >= 11 is 18.5. The fourth-order valence-electron chi connectivity index (χ4n) is 2.86. The quantitative estimate of drug-likeness (QED) is 0.460. The van der Waals surface area contributed by atoms with E-state index in [9.17, 15) is 13.2 Å². The molecule has 0 saturated carbocycles. The van der Waals surface area contributed by atoms with Gasteiger partial charge in [-0.25, -0.2) is 8.42 Å². The second-order valence-electron chi connectivity index (χ2n) is 6.20. The molecule has 3 aromatic rings. The Morgan fingerprint density at radius 2 is 1.53 bits per heavy atom. The van der Waals surface area contributed by atoms with Crippen LogP contribution >= 0.6 is 34.8 Å². The van der Waals surface area contributed by atoms with Crippen molar-refractivity contribution in [3.63, 3.8) is 0 Å². The summed E-state index contributed by atoms with van der Waals surface area (Å²) in [6.07, 6.45) is 0. The average molecular weight is 484 g/mol. The first-order chi connectivity index (χ1) is 14.3. The van der Waals surface area contributed by atoms with Crippen molar-refractivity contribution in [3.05, 3.63) is 87.4 Å². The van der Waals surface area contributed by atoms with Gasteiger partial charge in [-0.15, -0.1) is 0 Å². The van der Waals surface area contributed by atoms with Gasteiger partial charge in [0.1, 0.15) is 4.90 Å². The maximum atomic E-state index is 13.3. The topological polar surface area (TPSA) is 66.5 Å². The largest absolute Gasteiger partial charge is 0.321 e. The predicted octanol–water partition coefficient (Wildman–Crippen LogP) is 6.11. The van der Waals surface area contributed by atoms with Crippen LogP contribution in [0, 0.1) is 0 Å². The van der Waals surface area contributed by atoms with E-state index >= 15 is 0 Å². The van der Waals surface area contributed by atoms with Gasteiger partial charge in [0.05, 0.1) is 32.0 Å². The molecule has 0 heterocycles. The van der Waals surface area contributed by atoms with E-state index in [0.717, 1.165) is 0 Å². The Morgan fingerprint density at radius 1 is 0.900 bits per heavy atom. The van der Waals surface area contributed by atoms with E-state index < -0.39 is 15.9 Å². The Labute approximate surface area is 190 Å². The fraction of sp³-hybridized carbons (Fsp3) is 0.0952. The number of benzene rings is 3. The minimum Gasteiger partial charge on any atom is -0.321 e. The van der Waals surface area contributed by atoms with Crippen LogP contribution in [0.4, 0.5) is 11.4 Å². The molecule has 0 spiro atoms. The second-order valence-corrected chi connectivity index (χ2v) is 9.25. The van der Waals surface area contributed by atoms with Crippen molar-refractivity contribution in [1.29, 1.82) is 0 Å². The predicted molar refractivity (Wildman–Crippen MR) is 123 cm³/mol. The van der Waals surface area contributed by atoms with E-state index in [0.29, 0.717) is 16.4 Å². The lowest BCUT2D eigenvalue weighted by molar-refractivity contribution is 0.102. The van der Waals surface area contributed by atoms with E-state index in [4.69, 9.17) is 34.8 Å². The summed E-state index contributed by atoms with van der Waals surface area (Å²) in [5, 5.41) is 2.91. The van der Waals surface area contributed by atoms with Crippen LogP contribution in [0.15, 0.2) is 71.6 Å². The highest BCUT2D eigenvalue weighted by atomic mass is 35.5. The standard InChI is InChI=1S/C21H17Cl3N2O3S/c1-2-26(14-8-4-3-5-9-14)30(28,29)20-12-15(17(23)13-18(20)24)21(27)25-19-11-7-6-10-16(19)22/h3-13H,2H2,1H3,(H,25,27). The minimum atomic E-state index is -4.05. The van der Waals surface area contributed by atoms with Crippen molar-refractivity contribution < 1.29 is 13.2 Å². The van der Waals surface area contributed by atoms with Crippen molar-refractivity contribution in [2.45, 2.75) is 11.8 Å². The number of anilines is 2. The summed E-state index contributed by atoms with van der Waals surface area (Å²) in [7, 11) is -4.05. The molecular formula is C21H17Cl3N2O3S. The van der Waals surface area contributed by atoms with Gasteiger partial charge in [-0.2, -0.15) is 0 Å². The van der Waals surface area contributed by atoms with Gasteiger partial charge >= 0.3 is 0 Å². The molecule has 0 saturated heterocycles. The van der Waals surface area contributed by atoms with E-state index in [1.807, 2.05) is 0 Å². The van der Waals surface area contributed by atoms with Crippen LogP contribution in [0.2, 0.25) is 15.1 Å². The number of carbonyl (C=O) groups is 1. The van der Waals surface area contributed by atoms with Gasteiger partial charge in [0, 0.05) is 6.54 Å². The SMILES string of the molecule is CCN(c1ccccc1)S(=O)(=O)c1cc(C(=O)Nc2ccccc2Cl)c(Cl)cc1Cl. The van der Waals surface area contributed by atoms with Crippen molar-refractivity contribution in [3.8, 4) is 0 Å². The molecule has 1 N–H and O–H groups in total. The molecule has 0 unspecified atom stereocenters. The molecule has 3 aromatic carbocycles. The number of rotatable bonds is 6. The lowest BCUT2D eigenvalue weighted by Gasteiger charge is -2.24. The van der Waals surface area contributed by atoms with Crippen LogP contribution in [-0.4, -0.2) is 20.9 Å². The Hall–Kier alpha value is -2.25. The summed E-state index contributed by atoms with van der Waals surface area (Å²) in [6, 6.07) is 17.7. The first-order valence-electron chi connectivity index (χ1n) is 8.88. The van der Waals surface area contributed by atoms with Crippen LogP contribution in [0.3, 0.4) is 0 Å². The third-order valence-corrected chi connectivity index (χ3v) is 7.30. The van der Waals surface area contributed by atoms with Crippen LogP contribution in [0.5, 0.6) is 0 Å². The maximum Gasteiger partial charge on any atom is 0.265 e. The average Bonchev–Trinajstić information content (AvgIpc) is 2.70. The Bertz CT molecular complexity index is 1190. The monoisotopic (exact) mass is 482 g/mol. The third kappa shape index (κ3) is 4.57. The third-order valence-electron chi connectivity index (χ3n) is 4.29. The number of hydrogen-bond donors (Lipinski definition) is 1. The summed E-state index contributed by atoms with van der Waals surface area (Å²) in [4.78, 5) is 12.6. The zero-order valence-electron chi connectivity index (χ0n) is 15.8. The van der Waals surface area contributed by atoms with Gasteiger partial charge in [0.15, 0.2) is 0 Å². The smallest absolute Gasteiger partial charge is 0.265 e. The molecule has 3 rings (SSSR count). The molecule has 0 aliphatic carbocycles. The highest BCUT2D eigenvalue weighted by Gasteiger charge is 2.28. The molecule has 30 heavy (non-hydrogen) atoms. The zero-order chi connectivity index (χ0) is 21.9. The van der Waals surface area contributed by atoms with Crippen LogP contribution in [-0.2, 0) is 10.0 Å². The number of carbonyl (C=O) groups excluding carboxylic acids is 1. The van der Waals surface area contributed by atoms with Crippen molar-refractivity contribution in [1.82, 2.24) is 0 Å². The number of hydrogen-bond acceptors (Lipinski definition) is 3. The number of halogens is 3. The van der Waals surface area contributed by atoms with Gasteiger partial charge < -0.3 is 5.32 Å². The van der Waals surface area contributed by atoms with Crippen LogP contribution < -0.4 is 9.62 Å². The Balaban J connectivity index is 2.04. The molecule has 0 radical (unpaired) electrons. The highest BCUT2D eigenvalue weighted by molar-refractivity contribution is 7.93. The van der Waals surface area contributed by atoms with Crippen LogP contribution in [0.25, 0.3) is 0 Å². The lowest BCUT2D eigenvalue weighted by Crippen LogP contribution is -2.31. The first-order valence-corrected chi connectivity index (χ1v) is 11.5. The van der Waals surface area contributed by atoms with Crippen LogP contribution in [0.1, 0.15) is 17.3 Å². The van der Waals surface area contributed by atoms with Gasteiger partial charge in [0.25, 0.3) is 15.9 Å². The molecule has 0 aliphatic rings. The molecule has 0 fully saturated rings. The number of para-hydroxylation sites is 2.